The Labute approximate surface area is 116 Å². The lowest BCUT2D eigenvalue weighted by Gasteiger charge is -2.24. The number of likely N-dealkylation sites (tertiary alicyclic amines) is 1. The molecule has 0 radical (unpaired) electrons. The van der Waals surface area contributed by atoms with Gasteiger partial charge < -0.3 is 5.11 Å². The summed E-state index contributed by atoms with van der Waals surface area (Å²) in [6.45, 7) is 0.594. The first kappa shape index (κ1) is 14.9. The van der Waals surface area contributed by atoms with Crippen LogP contribution in [0, 0.1) is 5.41 Å². The lowest BCUT2D eigenvalue weighted by atomic mass is 9.83. The highest BCUT2D eigenvalue weighted by molar-refractivity contribution is 5.75. The maximum atomic E-state index is 12.7. The number of hydrogen-bond donors (Lipinski definition) is 1. The number of halogens is 2. The van der Waals surface area contributed by atoms with Gasteiger partial charge in [0.1, 0.15) is 5.82 Å². The van der Waals surface area contributed by atoms with Crippen molar-refractivity contribution in [3.05, 3.63) is 18.2 Å². The minimum absolute atomic E-state index is 0.260. The quantitative estimate of drug-likeness (QED) is 0.872. The van der Waals surface area contributed by atoms with Crippen molar-refractivity contribution < 1.29 is 18.7 Å². The number of carboxylic acids is 1. The van der Waals surface area contributed by atoms with Crippen LogP contribution in [-0.2, 0) is 11.3 Å². The number of rotatable bonds is 6. The van der Waals surface area contributed by atoms with E-state index in [0.29, 0.717) is 25.9 Å². The summed E-state index contributed by atoms with van der Waals surface area (Å²) in [6.07, 6.45) is 4.56. The molecule has 20 heavy (non-hydrogen) atoms. The summed E-state index contributed by atoms with van der Waals surface area (Å²) in [5.74, 6) is -0.517. The minimum Gasteiger partial charge on any atom is -0.481 e. The molecule has 112 valence electrons. The van der Waals surface area contributed by atoms with Gasteiger partial charge in [0, 0.05) is 18.9 Å². The molecular formula is C13H19F2N3O2. The van der Waals surface area contributed by atoms with E-state index in [2.05, 4.69) is 4.98 Å². The van der Waals surface area contributed by atoms with E-state index in [1.54, 1.807) is 0 Å². The zero-order chi connectivity index (χ0) is 14.8. The van der Waals surface area contributed by atoms with E-state index in [1.807, 2.05) is 11.8 Å². The van der Waals surface area contributed by atoms with Crippen LogP contribution in [0.25, 0.3) is 0 Å². The molecule has 0 amide bonds. The molecule has 1 unspecified atom stereocenters. The molecule has 5 nitrogen and oxygen atoms in total. The Morgan fingerprint density at radius 2 is 2.35 bits per heavy atom. The van der Waals surface area contributed by atoms with Crippen molar-refractivity contribution in [2.24, 2.45) is 5.41 Å². The maximum Gasteiger partial charge on any atom is 0.319 e. The maximum absolute atomic E-state index is 12.7. The summed E-state index contributed by atoms with van der Waals surface area (Å²) < 4.78 is 26.3. The standard InChI is InChI=1S/C13H19F2N3O2/c1-2-3-13(11(19)20)4-6-17(9-13)8-10-16-5-7-18(10)12(14)15/h5,7,12H,2-4,6,8-9H2,1H3,(H,19,20). The largest absolute Gasteiger partial charge is 0.481 e. The SMILES string of the molecule is CCCC1(C(=O)O)CCN(Cc2nccn2C(F)F)C1. The first-order valence-corrected chi connectivity index (χ1v) is 6.74. The van der Waals surface area contributed by atoms with Gasteiger partial charge in [-0.1, -0.05) is 13.3 Å². The van der Waals surface area contributed by atoms with Gasteiger partial charge in [-0.3, -0.25) is 14.3 Å². The van der Waals surface area contributed by atoms with Gasteiger partial charge >= 0.3 is 12.5 Å². The number of aliphatic carboxylic acids is 1. The second kappa shape index (κ2) is 5.87. The third-order valence-corrected chi connectivity index (χ3v) is 3.94. The Hall–Kier alpha value is -1.50. The topological polar surface area (TPSA) is 58.4 Å². The second-order valence-corrected chi connectivity index (χ2v) is 5.32. The van der Waals surface area contributed by atoms with E-state index in [4.69, 9.17) is 0 Å². The van der Waals surface area contributed by atoms with Crippen LogP contribution in [0.5, 0.6) is 0 Å². The molecule has 1 aromatic rings. The van der Waals surface area contributed by atoms with Crippen molar-refractivity contribution in [3.63, 3.8) is 0 Å². The van der Waals surface area contributed by atoms with Gasteiger partial charge in [0.05, 0.1) is 12.0 Å². The summed E-state index contributed by atoms with van der Waals surface area (Å²) in [6, 6.07) is 0. The molecule has 0 saturated carbocycles. The number of aromatic nitrogens is 2. The van der Waals surface area contributed by atoms with Crippen molar-refractivity contribution in [1.82, 2.24) is 14.5 Å². The minimum atomic E-state index is -2.62. The van der Waals surface area contributed by atoms with Crippen LogP contribution in [0.1, 0.15) is 38.6 Å². The van der Waals surface area contributed by atoms with E-state index in [1.165, 1.54) is 12.4 Å². The number of nitrogens with zero attached hydrogens (tertiary/aromatic N) is 3. The fraction of sp³-hybridized carbons (Fsp3) is 0.692. The van der Waals surface area contributed by atoms with Crippen LogP contribution >= 0.6 is 0 Å². The fourth-order valence-corrected chi connectivity index (χ4v) is 2.90. The predicted molar refractivity (Wildman–Crippen MR) is 68.4 cm³/mol. The van der Waals surface area contributed by atoms with Gasteiger partial charge in [-0.2, -0.15) is 8.78 Å². The van der Waals surface area contributed by atoms with Crippen LogP contribution in [0.15, 0.2) is 12.4 Å². The zero-order valence-corrected chi connectivity index (χ0v) is 11.4. The van der Waals surface area contributed by atoms with Crippen molar-refractivity contribution in [2.45, 2.75) is 39.3 Å². The highest BCUT2D eigenvalue weighted by atomic mass is 19.3. The summed E-state index contributed by atoms with van der Waals surface area (Å²) in [7, 11) is 0. The van der Waals surface area contributed by atoms with Crippen molar-refractivity contribution in [3.8, 4) is 0 Å². The third kappa shape index (κ3) is 2.82. The number of alkyl halides is 2. The van der Waals surface area contributed by atoms with Gasteiger partial charge in [-0.15, -0.1) is 0 Å². The van der Waals surface area contributed by atoms with Gasteiger partial charge in [0.25, 0.3) is 0 Å². The number of hydrogen-bond acceptors (Lipinski definition) is 3. The molecule has 0 aliphatic carbocycles. The number of carboxylic acid groups (broad SMARTS) is 1. The van der Waals surface area contributed by atoms with Gasteiger partial charge in [-0.25, -0.2) is 4.98 Å². The Balaban J connectivity index is 2.06. The molecular weight excluding hydrogens is 268 g/mol. The highest BCUT2D eigenvalue weighted by Gasteiger charge is 2.44. The van der Waals surface area contributed by atoms with Crippen LogP contribution in [0.4, 0.5) is 8.78 Å². The van der Waals surface area contributed by atoms with E-state index in [0.717, 1.165) is 11.0 Å². The molecule has 1 aliphatic heterocycles. The molecule has 2 rings (SSSR count). The molecule has 1 aromatic heterocycles. The summed E-state index contributed by atoms with van der Waals surface area (Å²) >= 11 is 0. The van der Waals surface area contributed by atoms with Crippen LogP contribution in [0.2, 0.25) is 0 Å². The van der Waals surface area contributed by atoms with Crippen molar-refractivity contribution >= 4 is 5.97 Å². The van der Waals surface area contributed by atoms with Gasteiger partial charge in [-0.05, 0) is 19.4 Å². The third-order valence-electron chi connectivity index (χ3n) is 3.94. The molecule has 1 aliphatic rings. The Morgan fingerprint density at radius 3 is 2.95 bits per heavy atom. The fourth-order valence-electron chi connectivity index (χ4n) is 2.90. The highest BCUT2D eigenvalue weighted by Crippen LogP contribution is 2.36. The first-order chi connectivity index (χ1) is 9.48. The predicted octanol–water partition coefficient (Wildman–Crippen LogP) is 2.36. The average molecular weight is 287 g/mol. The molecule has 7 heteroatoms. The summed E-state index contributed by atoms with van der Waals surface area (Å²) in [5.41, 5.74) is -0.739. The Morgan fingerprint density at radius 1 is 1.60 bits per heavy atom. The Kier molecular flexibility index (Phi) is 4.37. The lowest BCUT2D eigenvalue weighted by Crippen LogP contribution is -2.34. The molecule has 0 bridgehead atoms. The van der Waals surface area contributed by atoms with E-state index < -0.39 is 17.9 Å². The molecule has 1 fully saturated rings. The van der Waals surface area contributed by atoms with Crippen molar-refractivity contribution in [1.29, 1.82) is 0 Å². The molecule has 0 spiro atoms. The lowest BCUT2D eigenvalue weighted by molar-refractivity contribution is -0.148. The second-order valence-electron chi connectivity index (χ2n) is 5.32. The summed E-state index contributed by atoms with van der Waals surface area (Å²) in [5, 5.41) is 9.41. The monoisotopic (exact) mass is 287 g/mol. The average Bonchev–Trinajstić information content (AvgIpc) is 2.98. The number of carbonyl (C=O) groups is 1. The van der Waals surface area contributed by atoms with Gasteiger partial charge in [0.15, 0.2) is 0 Å². The Bertz CT molecular complexity index is 478. The molecule has 1 atom stereocenters. The zero-order valence-electron chi connectivity index (χ0n) is 11.4. The molecule has 2 heterocycles. The van der Waals surface area contributed by atoms with Gasteiger partial charge in [0.2, 0.25) is 0 Å². The smallest absolute Gasteiger partial charge is 0.319 e. The molecule has 0 aromatic carbocycles. The first-order valence-electron chi connectivity index (χ1n) is 6.74. The van der Waals surface area contributed by atoms with E-state index in [-0.39, 0.29) is 12.4 Å². The van der Waals surface area contributed by atoms with E-state index in [9.17, 15) is 18.7 Å². The number of imidazole rings is 1. The normalized spacial score (nSPS) is 23.6. The van der Waals surface area contributed by atoms with E-state index >= 15 is 0 Å². The van der Waals surface area contributed by atoms with Crippen molar-refractivity contribution in [2.75, 3.05) is 13.1 Å². The summed E-state index contributed by atoms with van der Waals surface area (Å²) in [4.78, 5) is 17.3. The molecule has 1 N–H and O–H groups in total. The van der Waals surface area contributed by atoms with Crippen LogP contribution in [0.3, 0.4) is 0 Å². The molecule has 1 saturated heterocycles. The van der Waals surface area contributed by atoms with Crippen LogP contribution < -0.4 is 0 Å². The van der Waals surface area contributed by atoms with Crippen LogP contribution in [-0.4, -0.2) is 38.6 Å².